The Labute approximate surface area is 181 Å². The number of ether oxygens (including phenoxy) is 2. The SMILES string of the molecule is COc1ccc(-c2csc(NC(=O)c3ccn(-c4cccc(Cl)c4)n3)n2)cc1OC. The number of benzene rings is 2. The number of nitrogens with one attached hydrogen (secondary N) is 1. The van der Waals surface area contributed by atoms with Gasteiger partial charge in [0.15, 0.2) is 22.3 Å². The Balaban J connectivity index is 1.50. The van der Waals surface area contributed by atoms with Crippen LogP contribution in [0.1, 0.15) is 10.5 Å². The fourth-order valence-corrected chi connectivity index (χ4v) is 3.73. The molecule has 152 valence electrons. The number of rotatable bonds is 6. The molecule has 7 nitrogen and oxygen atoms in total. The maximum atomic E-state index is 12.6. The lowest BCUT2D eigenvalue weighted by atomic mass is 10.1. The van der Waals surface area contributed by atoms with E-state index in [1.54, 1.807) is 43.3 Å². The van der Waals surface area contributed by atoms with E-state index < -0.39 is 0 Å². The summed E-state index contributed by atoms with van der Waals surface area (Å²) in [6, 6.07) is 14.4. The van der Waals surface area contributed by atoms with Crippen molar-refractivity contribution in [1.29, 1.82) is 0 Å². The smallest absolute Gasteiger partial charge is 0.277 e. The van der Waals surface area contributed by atoms with Crippen molar-refractivity contribution in [2.75, 3.05) is 19.5 Å². The minimum atomic E-state index is -0.344. The van der Waals surface area contributed by atoms with Gasteiger partial charge in [0.2, 0.25) is 0 Å². The standard InChI is InChI=1S/C21H17ClN4O3S/c1-28-18-7-6-13(10-19(18)29-2)17-12-30-21(23-17)24-20(27)16-8-9-26(25-16)15-5-3-4-14(22)11-15/h3-12H,1-2H3,(H,23,24,27). The quantitative estimate of drug-likeness (QED) is 0.460. The van der Waals surface area contributed by atoms with Crippen molar-refractivity contribution in [3.63, 3.8) is 0 Å². The van der Waals surface area contributed by atoms with Crippen LogP contribution in [0, 0.1) is 0 Å². The lowest BCUT2D eigenvalue weighted by molar-refractivity contribution is 0.102. The predicted octanol–water partition coefficient (Wildman–Crippen LogP) is 4.92. The van der Waals surface area contributed by atoms with Gasteiger partial charge in [-0.25, -0.2) is 9.67 Å². The molecule has 0 aliphatic heterocycles. The first-order valence-electron chi connectivity index (χ1n) is 8.88. The summed E-state index contributed by atoms with van der Waals surface area (Å²) in [7, 11) is 3.17. The van der Waals surface area contributed by atoms with Crippen LogP contribution in [0.5, 0.6) is 11.5 Å². The number of halogens is 1. The first kappa shape index (κ1) is 19.9. The fraction of sp³-hybridized carbons (Fsp3) is 0.0952. The van der Waals surface area contributed by atoms with Gasteiger partial charge in [0, 0.05) is 22.2 Å². The van der Waals surface area contributed by atoms with E-state index in [9.17, 15) is 4.79 Å². The topological polar surface area (TPSA) is 78.3 Å². The number of thiazole rings is 1. The highest BCUT2D eigenvalue weighted by molar-refractivity contribution is 7.14. The maximum Gasteiger partial charge on any atom is 0.277 e. The third-order valence-corrected chi connectivity index (χ3v) is 5.29. The minimum absolute atomic E-state index is 0.276. The van der Waals surface area contributed by atoms with Crippen LogP contribution in [0.25, 0.3) is 16.9 Å². The maximum absolute atomic E-state index is 12.6. The molecule has 9 heteroatoms. The van der Waals surface area contributed by atoms with Crippen molar-refractivity contribution in [3.05, 3.63) is 70.8 Å². The molecule has 0 aliphatic rings. The first-order chi connectivity index (χ1) is 14.6. The second-order valence-corrected chi connectivity index (χ2v) is 7.48. The van der Waals surface area contributed by atoms with Crippen molar-refractivity contribution in [2.45, 2.75) is 0 Å². The Kier molecular flexibility index (Phi) is 5.69. The molecule has 2 aromatic heterocycles. The molecule has 30 heavy (non-hydrogen) atoms. The first-order valence-corrected chi connectivity index (χ1v) is 10.1. The number of nitrogens with zero attached hydrogens (tertiary/aromatic N) is 3. The summed E-state index contributed by atoms with van der Waals surface area (Å²) in [4.78, 5) is 17.1. The van der Waals surface area contributed by atoms with Gasteiger partial charge in [-0.15, -0.1) is 11.3 Å². The molecule has 2 heterocycles. The fourth-order valence-electron chi connectivity index (χ4n) is 2.83. The van der Waals surface area contributed by atoms with Gasteiger partial charge in [-0.1, -0.05) is 17.7 Å². The van der Waals surface area contributed by atoms with E-state index >= 15 is 0 Å². The molecular formula is C21H17ClN4O3S. The molecule has 1 N–H and O–H groups in total. The molecule has 0 atom stereocenters. The molecule has 2 aromatic carbocycles. The Morgan fingerprint density at radius 3 is 2.70 bits per heavy atom. The molecule has 0 radical (unpaired) electrons. The lowest BCUT2D eigenvalue weighted by Gasteiger charge is -2.08. The summed E-state index contributed by atoms with van der Waals surface area (Å²) in [6.07, 6.45) is 1.71. The van der Waals surface area contributed by atoms with E-state index in [0.717, 1.165) is 16.9 Å². The molecule has 4 aromatic rings. The highest BCUT2D eigenvalue weighted by Crippen LogP contribution is 2.33. The van der Waals surface area contributed by atoms with Crippen LogP contribution < -0.4 is 14.8 Å². The molecular weight excluding hydrogens is 424 g/mol. The number of hydrogen-bond acceptors (Lipinski definition) is 6. The minimum Gasteiger partial charge on any atom is -0.493 e. The molecule has 0 fully saturated rings. The van der Waals surface area contributed by atoms with E-state index in [1.807, 2.05) is 35.7 Å². The zero-order valence-corrected chi connectivity index (χ0v) is 17.7. The van der Waals surface area contributed by atoms with Gasteiger partial charge >= 0.3 is 0 Å². The number of carbonyl (C=O) groups is 1. The predicted molar refractivity (Wildman–Crippen MR) is 117 cm³/mol. The molecule has 0 bridgehead atoms. The van der Waals surface area contributed by atoms with Crippen LogP contribution in [-0.4, -0.2) is 34.9 Å². The number of amides is 1. The molecule has 0 spiro atoms. The molecule has 0 unspecified atom stereocenters. The Morgan fingerprint density at radius 1 is 1.10 bits per heavy atom. The highest BCUT2D eigenvalue weighted by Gasteiger charge is 2.14. The second-order valence-electron chi connectivity index (χ2n) is 6.19. The average molecular weight is 441 g/mol. The van der Waals surface area contributed by atoms with Gasteiger partial charge < -0.3 is 9.47 Å². The summed E-state index contributed by atoms with van der Waals surface area (Å²) in [5, 5.41) is 10.0. The van der Waals surface area contributed by atoms with Crippen molar-refractivity contribution in [2.24, 2.45) is 0 Å². The van der Waals surface area contributed by atoms with Gasteiger partial charge in [-0.3, -0.25) is 10.1 Å². The van der Waals surface area contributed by atoms with E-state index in [0.29, 0.717) is 21.7 Å². The van der Waals surface area contributed by atoms with E-state index in [2.05, 4.69) is 15.4 Å². The summed E-state index contributed by atoms with van der Waals surface area (Å²) in [5.74, 6) is 0.907. The number of carbonyl (C=O) groups excluding carboxylic acids is 1. The van der Waals surface area contributed by atoms with Crippen molar-refractivity contribution >= 4 is 34.0 Å². The normalized spacial score (nSPS) is 10.6. The summed E-state index contributed by atoms with van der Waals surface area (Å²) in [6.45, 7) is 0. The largest absolute Gasteiger partial charge is 0.493 e. The second kappa shape index (κ2) is 8.56. The molecule has 1 amide bonds. The third kappa shape index (κ3) is 4.14. The number of hydrogen-bond donors (Lipinski definition) is 1. The van der Waals surface area contributed by atoms with Gasteiger partial charge in [0.25, 0.3) is 5.91 Å². The molecule has 0 aliphatic carbocycles. The van der Waals surface area contributed by atoms with Crippen molar-refractivity contribution in [3.8, 4) is 28.4 Å². The summed E-state index contributed by atoms with van der Waals surface area (Å²) >= 11 is 7.35. The summed E-state index contributed by atoms with van der Waals surface area (Å²) in [5.41, 5.74) is 2.62. The Hall–Kier alpha value is -3.36. The van der Waals surface area contributed by atoms with Crippen LogP contribution >= 0.6 is 22.9 Å². The van der Waals surface area contributed by atoms with E-state index in [4.69, 9.17) is 21.1 Å². The highest BCUT2D eigenvalue weighted by atomic mass is 35.5. The summed E-state index contributed by atoms with van der Waals surface area (Å²) < 4.78 is 12.2. The van der Waals surface area contributed by atoms with Gasteiger partial charge in [0.05, 0.1) is 25.6 Å². The van der Waals surface area contributed by atoms with Gasteiger partial charge in [0.1, 0.15) is 0 Å². The Morgan fingerprint density at radius 2 is 1.93 bits per heavy atom. The molecule has 0 saturated heterocycles. The zero-order chi connectivity index (χ0) is 21.1. The molecule has 0 saturated carbocycles. The average Bonchev–Trinajstić information content (AvgIpc) is 3.43. The van der Waals surface area contributed by atoms with Crippen LogP contribution in [0.15, 0.2) is 60.1 Å². The monoisotopic (exact) mass is 440 g/mol. The number of anilines is 1. The van der Waals surface area contributed by atoms with E-state index in [1.165, 1.54) is 11.3 Å². The van der Waals surface area contributed by atoms with Crippen LogP contribution in [0.3, 0.4) is 0 Å². The van der Waals surface area contributed by atoms with Gasteiger partial charge in [-0.2, -0.15) is 5.10 Å². The number of aromatic nitrogens is 3. The van der Waals surface area contributed by atoms with Crippen LogP contribution in [-0.2, 0) is 0 Å². The van der Waals surface area contributed by atoms with Gasteiger partial charge in [-0.05, 0) is 42.5 Å². The molecule has 4 rings (SSSR count). The van der Waals surface area contributed by atoms with Crippen LogP contribution in [0.2, 0.25) is 5.02 Å². The third-order valence-electron chi connectivity index (χ3n) is 4.30. The number of methoxy groups -OCH3 is 2. The zero-order valence-electron chi connectivity index (χ0n) is 16.1. The Bertz CT molecular complexity index is 1200. The van der Waals surface area contributed by atoms with Crippen molar-refractivity contribution < 1.29 is 14.3 Å². The van der Waals surface area contributed by atoms with E-state index in [-0.39, 0.29) is 11.6 Å². The van der Waals surface area contributed by atoms with Crippen LogP contribution in [0.4, 0.5) is 5.13 Å². The van der Waals surface area contributed by atoms with Crippen molar-refractivity contribution in [1.82, 2.24) is 14.8 Å². The lowest BCUT2D eigenvalue weighted by Crippen LogP contribution is -2.13.